The fourth-order valence-electron chi connectivity index (χ4n) is 1.70. The molecule has 0 bridgehead atoms. The van der Waals surface area contributed by atoms with Crippen LogP contribution in [0.4, 0.5) is 0 Å². The van der Waals surface area contributed by atoms with Gasteiger partial charge in [-0.15, -0.1) is 16.9 Å². The molecule has 0 atom stereocenters. The molecule has 0 fully saturated rings. The van der Waals surface area contributed by atoms with E-state index in [1.54, 1.807) is 0 Å². The molecule has 4 nitrogen and oxygen atoms in total. The van der Waals surface area contributed by atoms with E-state index in [1.807, 2.05) is 26.1 Å². The third-order valence-corrected chi connectivity index (χ3v) is 6.74. The lowest BCUT2D eigenvalue weighted by Gasteiger charge is -2.24. The summed E-state index contributed by atoms with van der Waals surface area (Å²) in [7, 11) is -2.26. The van der Waals surface area contributed by atoms with Crippen molar-refractivity contribution >= 4 is 18.7 Å². The second-order valence-electron chi connectivity index (χ2n) is 4.00. The molecule has 0 aromatic heterocycles. The summed E-state index contributed by atoms with van der Waals surface area (Å²) in [6, 6.07) is 0. The molecule has 0 aliphatic carbocycles. The highest BCUT2D eigenvalue weighted by atomic mass is 28.3. The number of oxime groups is 2. The molecule has 0 aliphatic rings. The van der Waals surface area contributed by atoms with Crippen molar-refractivity contribution in [3.63, 3.8) is 0 Å². The Balaban J connectivity index is 5.23. The highest BCUT2D eigenvalue weighted by Gasteiger charge is 2.36. The standard InChI is InChI=1S/C11H22N2O2Si/c1-5-8-10(12-14)16(4,7-3)11(13-15)9-6-2/h7,14-15H,3,5-6,8-9H2,1-2,4H3. The molecule has 0 saturated carbocycles. The largest absolute Gasteiger partial charge is 0.411 e. The van der Waals surface area contributed by atoms with Crippen molar-refractivity contribution in [3.8, 4) is 0 Å². The van der Waals surface area contributed by atoms with Crippen LogP contribution >= 0.6 is 0 Å². The Labute approximate surface area is 98.4 Å². The number of rotatable bonds is 7. The van der Waals surface area contributed by atoms with Crippen LogP contribution in [-0.2, 0) is 0 Å². The Morgan fingerprint density at radius 2 is 1.50 bits per heavy atom. The molecule has 5 heteroatoms. The molecular weight excluding hydrogens is 220 g/mol. The predicted molar refractivity (Wildman–Crippen MR) is 70.1 cm³/mol. The van der Waals surface area contributed by atoms with Crippen LogP contribution in [0.2, 0.25) is 6.55 Å². The van der Waals surface area contributed by atoms with Gasteiger partial charge < -0.3 is 10.4 Å². The summed E-state index contributed by atoms with van der Waals surface area (Å²) in [6.07, 6.45) is 3.24. The monoisotopic (exact) mass is 242 g/mol. The SMILES string of the molecule is C=C[Si](C)(C(CCC)=NO)C(CCC)=NO. The number of nitrogens with zero attached hydrogens (tertiary/aromatic N) is 2. The fourth-order valence-corrected chi connectivity index (χ4v) is 4.46. The molecule has 0 rings (SSSR count). The molecule has 2 N–H and O–H groups in total. The van der Waals surface area contributed by atoms with Gasteiger partial charge in [0.25, 0.3) is 0 Å². The van der Waals surface area contributed by atoms with E-state index in [0.717, 1.165) is 23.5 Å². The molecule has 16 heavy (non-hydrogen) atoms. The third-order valence-electron chi connectivity index (χ3n) is 2.82. The molecule has 0 unspecified atom stereocenters. The molecule has 0 aliphatic heterocycles. The highest BCUT2D eigenvalue weighted by molar-refractivity contribution is 7.28. The molecular formula is C11H22N2O2Si. The van der Waals surface area contributed by atoms with Gasteiger partial charge in [0, 0.05) is 0 Å². The van der Waals surface area contributed by atoms with Crippen LogP contribution in [0.3, 0.4) is 0 Å². The minimum absolute atomic E-state index is 0.716. The van der Waals surface area contributed by atoms with Gasteiger partial charge >= 0.3 is 0 Å². The molecule has 0 spiro atoms. The lowest BCUT2D eigenvalue weighted by molar-refractivity contribution is 0.317. The summed E-state index contributed by atoms with van der Waals surface area (Å²) in [6.45, 7) is 9.86. The van der Waals surface area contributed by atoms with Crippen molar-refractivity contribution in [2.24, 2.45) is 10.3 Å². The van der Waals surface area contributed by atoms with E-state index in [4.69, 9.17) is 10.4 Å². The minimum atomic E-state index is -2.26. The fraction of sp³-hybridized carbons (Fsp3) is 0.636. The van der Waals surface area contributed by atoms with E-state index >= 15 is 0 Å². The van der Waals surface area contributed by atoms with Crippen molar-refractivity contribution < 1.29 is 10.4 Å². The number of hydrogen-bond acceptors (Lipinski definition) is 4. The Morgan fingerprint density at radius 3 is 1.69 bits per heavy atom. The van der Waals surface area contributed by atoms with E-state index < -0.39 is 8.07 Å². The summed E-state index contributed by atoms with van der Waals surface area (Å²) >= 11 is 0. The van der Waals surface area contributed by atoms with E-state index in [-0.39, 0.29) is 0 Å². The summed E-state index contributed by atoms with van der Waals surface area (Å²) in [5.74, 6) is 0. The Bertz CT molecular complexity index is 266. The first-order chi connectivity index (χ1) is 7.60. The maximum absolute atomic E-state index is 9.07. The Kier molecular flexibility index (Phi) is 6.72. The van der Waals surface area contributed by atoms with E-state index in [0.29, 0.717) is 12.8 Å². The molecule has 0 saturated heterocycles. The molecule has 0 aromatic carbocycles. The second-order valence-corrected chi connectivity index (χ2v) is 7.97. The smallest absolute Gasteiger partial charge is 0.181 e. The average molecular weight is 242 g/mol. The first-order valence-electron chi connectivity index (χ1n) is 5.67. The van der Waals surface area contributed by atoms with Crippen molar-refractivity contribution in [1.29, 1.82) is 0 Å². The molecule has 0 heterocycles. The van der Waals surface area contributed by atoms with Crippen LogP contribution in [-0.4, -0.2) is 29.2 Å². The van der Waals surface area contributed by atoms with Crippen molar-refractivity contribution in [2.75, 3.05) is 0 Å². The van der Waals surface area contributed by atoms with E-state index in [2.05, 4.69) is 16.9 Å². The van der Waals surface area contributed by atoms with Gasteiger partial charge in [-0.2, -0.15) is 0 Å². The zero-order valence-corrected chi connectivity index (χ0v) is 11.4. The lowest BCUT2D eigenvalue weighted by Crippen LogP contribution is -2.48. The topological polar surface area (TPSA) is 65.2 Å². The Morgan fingerprint density at radius 1 is 1.12 bits per heavy atom. The maximum atomic E-state index is 9.07. The molecule has 0 aromatic rings. The van der Waals surface area contributed by atoms with Crippen LogP contribution < -0.4 is 0 Å². The van der Waals surface area contributed by atoms with Gasteiger partial charge in [0.2, 0.25) is 0 Å². The van der Waals surface area contributed by atoms with Crippen LogP contribution in [0.25, 0.3) is 0 Å². The van der Waals surface area contributed by atoms with Crippen molar-refractivity contribution in [1.82, 2.24) is 0 Å². The van der Waals surface area contributed by atoms with Gasteiger partial charge in [-0.3, -0.25) is 0 Å². The predicted octanol–water partition coefficient (Wildman–Crippen LogP) is 3.13. The normalized spacial score (nSPS) is 16.9. The zero-order chi connectivity index (χ0) is 12.6. The average Bonchev–Trinajstić information content (AvgIpc) is 2.31. The zero-order valence-electron chi connectivity index (χ0n) is 10.4. The second kappa shape index (κ2) is 7.22. The van der Waals surface area contributed by atoms with Gasteiger partial charge in [0.15, 0.2) is 8.07 Å². The van der Waals surface area contributed by atoms with Crippen LogP contribution in [0, 0.1) is 0 Å². The quantitative estimate of drug-likeness (QED) is 0.312. The van der Waals surface area contributed by atoms with Crippen molar-refractivity contribution in [3.05, 3.63) is 12.3 Å². The summed E-state index contributed by atoms with van der Waals surface area (Å²) in [5.41, 5.74) is 1.81. The summed E-state index contributed by atoms with van der Waals surface area (Å²) in [4.78, 5) is 0. The summed E-state index contributed by atoms with van der Waals surface area (Å²) in [5, 5.41) is 26.4. The number of hydrogen-bond donors (Lipinski definition) is 2. The van der Waals surface area contributed by atoms with E-state index in [9.17, 15) is 0 Å². The maximum Gasteiger partial charge on any atom is 0.181 e. The van der Waals surface area contributed by atoms with Gasteiger partial charge in [0.05, 0.1) is 10.7 Å². The Hall–Kier alpha value is -1.10. The minimum Gasteiger partial charge on any atom is -0.411 e. The van der Waals surface area contributed by atoms with Gasteiger partial charge in [-0.05, 0) is 12.8 Å². The lowest BCUT2D eigenvalue weighted by atomic mass is 10.4. The highest BCUT2D eigenvalue weighted by Crippen LogP contribution is 2.17. The van der Waals surface area contributed by atoms with Gasteiger partial charge in [-0.25, -0.2) is 0 Å². The van der Waals surface area contributed by atoms with Gasteiger partial charge in [0.1, 0.15) is 0 Å². The van der Waals surface area contributed by atoms with Crippen LogP contribution in [0.1, 0.15) is 39.5 Å². The molecule has 0 amide bonds. The first-order valence-corrected chi connectivity index (χ1v) is 8.24. The molecule has 0 radical (unpaired) electrons. The van der Waals surface area contributed by atoms with Crippen LogP contribution in [0.15, 0.2) is 22.6 Å². The first kappa shape index (κ1) is 14.9. The third kappa shape index (κ3) is 3.20. The van der Waals surface area contributed by atoms with Crippen LogP contribution in [0.5, 0.6) is 0 Å². The van der Waals surface area contributed by atoms with Crippen molar-refractivity contribution in [2.45, 2.75) is 46.1 Å². The van der Waals surface area contributed by atoms with Gasteiger partial charge in [-0.1, -0.05) is 38.9 Å². The molecule has 92 valence electrons. The van der Waals surface area contributed by atoms with E-state index in [1.165, 1.54) is 0 Å². The summed E-state index contributed by atoms with van der Waals surface area (Å²) < 4.78 is 0.